The molecule has 0 aliphatic rings. The molecule has 0 aromatic rings. The Labute approximate surface area is 230 Å². The molecular formula is C25H46N6O8. The van der Waals surface area contributed by atoms with E-state index in [0.717, 1.165) is 12.8 Å². The van der Waals surface area contributed by atoms with Crippen molar-refractivity contribution in [2.45, 2.75) is 77.6 Å². The highest BCUT2D eigenvalue weighted by atomic mass is 16.5. The zero-order valence-electron chi connectivity index (χ0n) is 23.0. The summed E-state index contributed by atoms with van der Waals surface area (Å²) in [7, 11) is 0. The molecule has 0 fully saturated rings. The highest BCUT2D eigenvalue weighted by molar-refractivity contribution is 5.83. The molecule has 5 amide bonds. The summed E-state index contributed by atoms with van der Waals surface area (Å²) in [5.41, 5.74) is 5.39. The molecular weight excluding hydrogens is 512 g/mol. The molecule has 0 spiro atoms. The SMILES string of the molecule is CC(=O)N(O)C/C=C/CCNC(=O)CCC(=O)N(O)CCCCCNC(=O)CCC(=O)N(O)CCCCCN. The van der Waals surface area contributed by atoms with Gasteiger partial charge in [0, 0.05) is 58.8 Å². The van der Waals surface area contributed by atoms with E-state index < -0.39 is 17.7 Å². The molecule has 0 atom stereocenters. The molecule has 0 saturated heterocycles. The Morgan fingerprint density at radius 2 is 1.18 bits per heavy atom. The highest BCUT2D eigenvalue weighted by Gasteiger charge is 2.14. The number of nitrogens with zero attached hydrogens (tertiary/aromatic N) is 3. The second-order valence-electron chi connectivity index (χ2n) is 9.00. The van der Waals surface area contributed by atoms with E-state index in [-0.39, 0.29) is 57.1 Å². The number of amides is 5. The van der Waals surface area contributed by atoms with Crippen molar-refractivity contribution < 1.29 is 39.6 Å². The summed E-state index contributed by atoms with van der Waals surface area (Å²) in [5, 5.41) is 35.8. The van der Waals surface area contributed by atoms with Gasteiger partial charge in [-0.05, 0) is 45.1 Å². The van der Waals surface area contributed by atoms with Gasteiger partial charge in [-0.2, -0.15) is 0 Å². The van der Waals surface area contributed by atoms with Crippen molar-refractivity contribution >= 4 is 29.5 Å². The van der Waals surface area contributed by atoms with E-state index in [2.05, 4.69) is 10.6 Å². The number of carbonyl (C=O) groups excluding carboxylic acids is 5. The van der Waals surface area contributed by atoms with Gasteiger partial charge in [0.15, 0.2) is 0 Å². The van der Waals surface area contributed by atoms with Crippen LogP contribution < -0.4 is 16.4 Å². The number of nitrogens with one attached hydrogen (secondary N) is 2. The number of rotatable bonds is 22. The molecule has 0 bridgehead atoms. The average Bonchev–Trinajstić information content (AvgIpc) is 2.91. The Balaban J connectivity index is 3.80. The lowest BCUT2D eigenvalue weighted by Gasteiger charge is -2.15. The second-order valence-corrected chi connectivity index (χ2v) is 9.00. The van der Waals surface area contributed by atoms with Gasteiger partial charge < -0.3 is 16.4 Å². The Kier molecular flexibility index (Phi) is 21.1. The van der Waals surface area contributed by atoms with Crippen LogP contribution in [0.4, 0.5) is 0 Å². The van der Waals surface area contributed by atoms with E-state index in [4.69, 9.17) is 5.73 Å². The Hall–Kier alpha value is -3.07. The van der Waals surface area contributed by atoms with E-state index in [1.807, 2.05) is 0 Å². The summed E-state index contributed by atoms with van der Waals surface area (Å²) in [6, 6.07) is 0. The third-order valence-corrected chi connectivity index (χ3v) is 5.59. The van der Waals surface area contributed by atoms with Crippen molar-refractivity contribution in [1.29, 1.82) is 0 Å². The summed E-state index contributed by atoms with van der Waals surface area (Å²) in [6.07, 6.45) is 7.55. The molecule has 0 aliphatic carbocycles. The highest BCUT2D eigenvalue weighted by Crippen LogP contribution is 2.03. The summed E-state index contributed by atoms with van der Waals surface area (Å²) in [4.78, 5) is 58.3. The quantitative estimate of drug-likeness (QED) is 0.0478. The lowest BCUT2D eigenvalue weighted by Crippen LogP contribution is -2.31. The zero-order chi connectivity index (χ0) is 29.5. The molecule has 0 unspecified atom stereocenters. The molecule has 39 heavy (non-hydrogen) atoms. The predicted molar refractivity (Wildman–Crippen MR) is 141 cm³/mol. The maximum Gasteiger partial charge on any atom is 0.246 e. The van der Waals surface area contributed by atoms with Crippen molar-refractivity contribution in [2.75, 3.05) is 39.3 Å². The minimum Gasteiger partial charge on any atom is -0.356 e. The van der Waals surface area contributed by atoms with Crippen LogP contribution in [0.1, 0.15) is 77.6 Å². The third-order valence-electron chi connectivity index (χ3n) is 5.59. The van der Waals surface area contributed by atoms with Crippen molar-refractivity contribution in [1.82, 2.24) is 25.8 Å². The number of unbranched alkanes of at least 4 members (excludes halogenated alkanes) is 4. The normalized spacial score (nSPS) is 10.8. The lowest BCUT2D eigenvalue weighted by atomic mass is 10.2. The largest absolute Gasteiger partial charge is 0.356 e. The van der Waals surface area contributed by atoms with Crippen molar-refractivity contribution in [2.24, 2.45) is 5.73 Å². The van der Waals surface area contributed by atoms with E-state index in [9.17, 15) is 39.6 Å². The first-order valence-corrected chi connectivity index (χ1v) is 13.4. The van der Waals surface area contributed by atoms with Crippen molar-refractivity contribution in [3.05, 3.63) is 12.2 Å². The van der Waals surface area contributed by atoms with Crippen molar-refractivity contribution in [3.8, 4) is 0 Å². The third kappa shape index (κ3) is 20.6. The van der Waals surface area contributed by atoms with Crippen LogP contribution in [0.2, 0.25) is 0 Å². The van der Waals surface area contributed by atoms with Gasteiger partial charge in [-0.3, -0.25) is 39.6 Å². The van der Waals surface area contributed by atoms with Gasteiger partial charge in [0.05, 0.1) is 6.54 Å². The van der Waals surface area contributed by atoms with E-state index >= 15 is 0 Å². The fourth-order valence-electron chi connectivity index (χ4n) is 3.21. The van der Waals surface area contributed by atoms with Crippen molar-refractivity contribution in [3.63, 3.8) is 0 Å². The van der Waals surface area contributed by atoms with Crippen LogP contribution in [-0.2, 0) is 24.0 Å². The smallest absolute Gasteiger partial charge is 0.246 e. The average molecular weight is 559 g/mol. The van der Waals surface area contributed by atoms with E-state index in [0.29, 0.717) is 66.9 Å². The Bertz CT molecular complexity index is 780. The standard InChI is InChI=1S/C25H46N6O8/c1-21(32)29(37)18-9-3-6-16-27-22(33)12-14-25(36)31(39)20-10-4-7-17-28-23(34)11-13-24(35)30(38)19-8-2-5-15-26/h3,9,37-39H,2,4-8,10-20,26H2,1H3,(H,27,33)(H,28,34)/b9-3+. The van der Waals surface area contributed by atoms with Crippen LogP contribution in [0.25, 0.3) is 0 Å². The zero-order valence-corrected chi connectivity index (χ0v) is 23.0. The lowest BCUT2D eigenvalue weighted by molar-refractivity contribution is -0.166. The van der Waals surface area contributed by atoms with E-state index in [1.165, 1.54) is 6.92 Å². The van der Waals surface area contributed by atoms with Crippen LogP contribution in [0.3, 0.4) is 0 Å². The first-order valence-electron chi connectivity index (χ1n) is 13.4. The molecule has 0 rings (SSSR count). The molecule has 0 heterocycles. The van der Waals surface area contributed by atoms with Crippen LogP contribution in [0.5, 0.6) is 0 Å². The fourth-order valence-corrected chi connectivity index (χ4v) is 3.21. The number of nitrogens with two attached hydrogens (primary N) is 1. The minimum atomic E-state index is -0.562. The molecule has 14 nitrogen and oxygen atoms in total. The van der Waals surface area contributed by atoms with Gasteiger partial charge in [0.25, 0.3) is 0 Å². The molecule has 0 aromatic carbocycles. The van der Waals surface area contributed by atoms with Gasteiger partial charge in [-0.15, -0.1) is 0 Å². The maximum absolute atomic E-state index is 12.0. The fraction of sp³-hybridized carbons (Fsp3) is 0.720. The molecule has 0 aromatic heterocycles. The molecule has 0 aliphatic heterocycles. The van der Waals surface area contributed by atoms with Gasteiger partial charge in [0.2, 0.25) is 29.5 Å². The topological polar surface area (TPSA) is 206 Å². The number of hydroxylamine groups is 6. The number of hydrogen-bond acceptors (Lipinski definition) is 9. The summed E-state index contributed by atoms with van der Waals surface area (Å²) in [6.45, 7) is 2.90. The molecule has 7 N–H and O–H groups in total. The van der Waals surface area contributed by atoms with Gasteiger partial charge in [-0.25, -0.2) is 15.2 Å². The van der Waals surface area contributed by atoms with Crippen LogP contribution in [0, 0.1) is 0 Å². The number of carbonyl (C=O) groups is 5. The summed E-state index contributed by atoms with van der Waals surface area (Å²) < 4.78 is 0. The van der Waals surface area contributed by atoms with Crippen LogP contribution in [-0.4, -0.2) is 99.6 Å². The minimum absolute atomic E-state index is 0.0224. The molecule has 224 valence electrons. The Morgan fingerprint density at radius 3 is 1.69 bits per heavy atom. The summed E-state index contributed by atoms with van der Waals surface area (Å²) in [5.74, 6) is -2.16. The summed E-state index contributed by atoms with van der Waals surface area (Å²) >= 11 is 0. The first kappa shape index (κ1) is 35.9. The predicted octanol–water partition coefficient (Wildman–Crippen LogP) is 0.698. The molecule has 0 saturated carbocycles. The van der Waals surface area contributed by atoms with Gasteiger partial charge in [-0.1, -0.05) is 18.6 Å². The van der Waals surface area contributed by atoms with E-state index in [1.54, 1.807) is 12.2 Å². The monoisotopic (exact) mass is 558 g/mol. The Morgan fingerprint density at radius 1 is 0.667 bits per heavy atom. The second kappa shape index (κ2) is 22.9. The first-order chi connectivity index (χ1) is 18.6. The van der Waals surface area contributed by atoms with Crippen LogP contribution >= 0.6 is 0 Å². The number of hydrogen-bond donors (Lipinski definition) is 6. The maximum atomic E-state index is 12.0. The van der Waals surface area contributed by atoms with Crippen LogP contribution in [0.15, 0.2) is 12.2 Å². The molecule has 14 heteroatoms. The van der Waals surface area contributed by atoms with Gasteiger partial charge in [0.1, 0.15) is 0 Å². The molecule has 0 radical (unpaired) electrons. The van der Waals surface area contributed by atoms with Gasteiger partial charge >= 0.3 is 0 Å².